The number of benzene rings is 2. The standard InChI is InChI=1S/C22H16Cl2N4O2/c1-14-25-20(28-10-2-3-11-28)13-21(26-14)30-17-7-5-16(6-8-17)27-22(29)18-9-4-15(23)12-19(18)24/h2-13H,1H3,(H,27,29). The van der Waals surface area contributed by atoms with Gasteiger partial charge in [-0.1, -0.05) is 23.2 Å². The summed E-state index contributed by atoms with van der Waals surface area (Å²) >= 11 is 12.0. The molecule has 6 nitrogen and oxygen atoms in total. The van der Waals surface area contributed by atoms with E-state index in [0.29, 0.717) is 39.5 Å². The number of rotatable bonds is 5. The number of hydrogen-bond acceptors (Lipinski definition) is 4. The van der Waals surface area contributed by atoms with E-state index in [1.807, 2.05) is 29.1 Å². The first-order valence-corrected chi connectivity index (χ1v) is 9.77. The third-order valence-corrected chi connectivity index (χ3v) is 4.73. The van der Waals surface area contributed by atoms with E-state index in [2.05, 4.69) is 15.3 Å². The molecule has 0 atom stereocenters. The smallest absolute Gasteiger partial charge is 0.257 e. The number of nitrogens with zero attached hydrogens (tertiary/aromatic N) is 3. The molecular weight excluding hydrogens is 423 g/mol. The number of nitrogens with one attached hydrogen (secondary N) is 1. The maximum Gasteiger partial charge on any atom is 0.257 e. The van der Waals surface area contributed by atoms with E-state index in [0.717, 1.165) is 0 Å². The van der Waals surface area contributed by atoms with Gasteiger partial charge in [0.15, 0.2) is 0 Å². The van der Waals surface area contributed by atoms with Crippen LogP contribution in [0.25, 0.3) is 5.82 Å². The highest BCUT2D eigenvalue weighted by atomic mass is 35.5. The van der Waals surface area contributed by atoms with Crippen molar-refractivity contribution in [3.8, 4) is 17.4 Å². The average Bonchev–Trinajstić information content (AvgIpc) is 3.24. The van der Waals surface area contributed by atoms with Gasteiger partial charge in [-0.2, -0.15) is 4.98 Å². The van der Waals surface area contributed by atoms with Gasteiger partial charge in [0.1, 0.15) is 17.4 Å². The van der Waals surface area contributed by atoms with Crippen LogP contribution in [0.2, 0.25) is 10.0 Å². The van der Waals surface area contributed by atoms with Gasteiger partial charge in [0.05, 0.1) is 10.6 Å². The number of amides is 1. The highest BCUT2D eigenvalue weighted by Gasteiger charge is 2.11. The molecule has 150 valence electrons. The second-order valence-electron chi connectivity index (χ2n) is 6.41. The lowest BCUT2D eigenvalue weighted by Gasteiger charge is -2.10. The summed E-state index contributed by atoms with van der Waals surface area (Å²) in [6.45, 7) is 1.81. The Morgan fingerprint density at radius 1 is 1.00 bits per heavy atom. The zero-order valence-electron chi connectivity index (χ0n) is 15.8. The Morgan fingerprint density at radius 3 is 2.43 bits per heavy atom. The molecule has 4 aromatic rings. The molecule has 8 heteroatoms. The molecule has 30 heavy (non-hydrogen) atoms. The van der Waals surface area contributed by atoms with Crippen LogP contribution in [-0.2, 0) is 0 Å². The van der Waals surface area contributed by atoms with Crippen molar-refractivity contribution in [2.45, 2.75) is 6.92 Å². The van der Waals surface area contributed by atoms with Crippen LogP contribution in [0.1, 0.15) is 16.2 Å². The van der Waals surface area contributed by atoms with Crippen LogP contribution in [0, 0.1) is 6.92 Å². The summed E-state index contributed by atoms with van der Waals surface area (Å²) in [4.78, 5) is 21.2. The summed E-state index contributed by atoms with van der Waals surface area (Å²) in [7, 11) is 0. The van der Waals surface area contributed by atoms with Gasteiger partial charge in [-0.25, -0.2) is 4.98 Å². The van der Waals surface area contributed by atoms with Gasteiger partial charge in [0, 0.05) is 29.2 Å². The largest absolute Gasteiger partial charge is 0.439 e. The third kappa shape index (κ3) is 4.62. The van der Waals surface area contributed by atoms with E-state index in [4.69, 9.17) is 27.9 Å². The number of aryl methyl sites for hydroxylation is 1. The summed E-state index contributed by atoms with van der Waals surface area (Å²) < 4.78 is 7.74. The molecule has 2 aromatic carbocycles. The molecule has 0 saturated carbocycles. The average molecular weight is 439 g/mol. The molecule has 0 aliphatic carbocycles. The van der Waals surface area contributed by atoms with Gasteiger partial charge >= 0.3 is 0 Å². The van der Waals surface area contributed by atoms with Crippen LogP contribution in [0.3, 0.4) is 0 Å². The molecule has 1 N–H and O–H groups in total. The topological polar surface area (TPSA) is 69.0 Å². The van der Waals surface area contributed by atoms with Crippen molar-refractivity contribution in [2.24, 2.45) is 0 Å². The van der Waals surface area contributed by atoms with Crippen molar-refractivity contribution in [3.05, 3.63) is 94.5 Å². The molecule has 1 amide bonds. The van der Waals surface area contributed by atoms with Gasteiger partial charge in [-0.05, 0) is 61.5 Å². The number of hydrogen-bond donors (Lipinski definition) is 1. The molecule has 2 aromatic heterocycles. The molecular formula is C22H16Cl2N4O2. The minimum atomic E-state index is -0.326. The Labute approximate surface area is 183 Å². The van der Waals surface area contributed by atoms with Crippen LogP contribution >= 0.6 is 23.2 Å². The van der Waals surface area contributed by atoms with Gasteiger partial charge in [-0.3, -0.25) is 4.79 Å². The molecule has 2 heterocycles. The molecule has 0 aliphatic rings. The Balaban J connectivity index is 1.47. The highest BCUT2D eigenvalue weighted by molar-refractivity contribution is 6.37. The summed E-state index contributed by atoms with van der Waals surface area (Å²) in [5.41, 5.74) is 0.945. The second kappa shape index (κ2) is 8.57. The van der Waals surface area contributed by atoms with E-state index in [1.165, 1.54) is 6.07 Å². The van der Waals surface area contributed by atoms with Gasteiger partial charge in [0.25, 0.3) is 5.91 Å². The normalized spacial score (nSPS) is 10.6. The maximum absolute atomic E-state index is 12.4. The third-order valence-electron chi connectivity index (χ3n) is 4.18. The van der Waals surface area contributed by atoms with Crippen molar-refractivity contribution < 1.29 is 9.53 Å². The summed E-state index contributed by atoms with van der Waals surface area (Å²) in [6, 6.07) is 17.3. The number of carbonyl (C=O) groups excluding carboxylic acids is 1. The Morgan fingerprint density at radius 2 is 1.73 bits per heavy atom. The van der Waals surface area contributed by atoms with Crippen LogP contribution in [0.15, 0.2) is 73.1 Å². The maximum atomic E-state index is 12.4. The molecule has 4 rings (SSSR count). The van der Waals surface area contributed by atoms with E-state index < -0.39 is 0 Å². The minimum Gasteiger partial charge on any atom is -0.439 e. The first-order chi connectivity index (χ1) is 14.5. The lowest BCUT2D eigenvalue weighted by molar-refractivity contribution is 0.102. The van der Waals surface area contributed by atoms with Crippen molar-refractivity contribution in [1.29, 1.82) is 0 Å². The second-order valence-corrected chi connectivity index (χ2v) is 7.25. The Hall–Kier alpha value is -3.35. The highest BCUT2D eigenvalue weighted by Crippen LogP contribution is 2.25. The van der Waals surface area contributed by atoms with Crippen LogP contribution in [0.5, 0.6) is 11.6 Å². The number of carbonyl (C=O) groups is 1. The molecule has 0 aliphatic heterocycles. The fourth-order valence-corrected chi connectivity index (χ4v) is 3.29. The van der Waals surface area contributed by atoms with Crippen LogP contribution in [0.4, 0.5) is 5.69 Å². The summed E-state index contributed by atoms with van der Waals surface area (Å²) in [5.74, 6) is 1.99. The van der Waals surface area contributed by atoms with E-state index in [9.17, 15) is 4.79 Å². The molecule has 0 radical (unpaired) electrons. The first-order valence-electron chi connectivity index (χ1n) is 9.01. The fourth-order valence-electron chi connectivity index (χ4n) is 2.80. The quantitative estimate of drug-likeness (QED) is 0.419. The van der Waals surface area contributed by atoms with Gasteiger partial charge < -0.3 is 14.6 Å². The predicted molar refractivity (Wildman–Crippen MR) is 117 cm³/mol. The molecule has 0 spiro atoms. The zero-order chi connectivity index (χ0) is 21.1. The molecule has 0 unspecified atom stereocenters. The van der Waals surface area contributed by atoms with Crippen LogP contribution in [-0.4, -0.2) is 20.4 Å². The van der Waals surface area contributed by atoms with Gasteiger partial charge in [-0.15, -0.1) is 0 Å². The fraction of sp³-hybridized carbons (Fsp3) is 0.0455. The lowest BCUT2D eigenvalue weighted by atomic mass is 10.2. The number of halogens is 2. The van der Waals surface area contributed by atoms with Crippen molar-refractivity contribution in [1.82, 2.24) is 14.5 Å². The van der Waals surface area contributed by atoms with Crippen LogP contribution < -0.4 is 10.1 Å². The lowest BCUT2D eigenvalue weighted by Crippen LogP contribution is -2.12. The SMILES string of the molecule is Cc1nc(Oc2ccc(NC(=O)c3ccc(Cl)cc3Cl)cc2)cc(-n2cccc2)n1. The summed E-state index contributed by atoms with van der Waals surface area (Å²) in [5, 5.41) is 3.56. The van der Waals surface area contributed by atoms with E-state index in [1.54, 1.807) is 49.4 Å². The summed E-state index contributed by atoms with van der Waals surface area (Å²) in [6.07, 6.45) is 3.80. The number of ether oxygens (including phenoxy) is 1. The van der Waals surface area contributed by atoms with E-state index >= 15 is 0 Å². The Kier molecular flexibility index (Phi) is 5.70. The molecule has 0 fully saturated rings. The first kappa shape index (κ1) is 19.9. The zero-order valence-corrected chi connectivity index (χ0v) is 17.4. The number of aromatic nitrogens is 3. The minimum absolute atomic E-state index is 0.289. The Bertz CT molecular complexity index is 1190. The van der Waals surface area contributed by atoms with Crippen molar-refractivity contribution in [3.63, 3.8) is 0 Å². The number of anilines is 1. The van der Waals surface area contributed by atoms with E-state index in [-0.39, 0.29) is 10.9 Å². The molecule has 0 saturated heterocycles. The molecule has 0 bridgehead atoms. The van der Waals surface area contributed by atoms with Crippen molar-refractivity contribution >= 4 is 34.8 Å². The predicted octanol–water partition coefficient (Wildman–Crippen LogP) is 5.93. The van der Waals surface area contributed by atoms with Gasteiger partial charge in [0.2, 0.25) is 5.88 Å². The monoisotopic (exact) mass is 438 g/mol. The van der Waals surface area contributed by atoms with Crippen molar-refractivity contribution in [2.75, 3.05) is 5.32 Å².